The number of rotatable bonds is 5. The third-order valence-corrected chi connectivity index (χ3v) is 11.7. The Balaban J connectivity index is 1.19. The fourth-order valence-electron chi connectivity index (χ4n) is 8.26. The van der Waals surface area contributed by atoms with Crippen molar-refractivity contribution < 1.29 is 10.0 Å². The first-order valence-electron chi connectivity index (χ1n) is 17.6. The summed E-state index contributed by atoms with van der Waals surface area (Å²) in [5.41, 5.74) is 9.45. The van der Waals surface area contributed by atoms with Crippen LogP contribution in [0.1, 0.15) is 0 Å². The molecule has 52 heavy (non-hydrogen) atoms. The molecular weight excluding hydrogens is 651 g/mol. The van der Waals surface area contributed by atoms with Crippen LogP contribution in [-0.4, -0.2) is 17.2 Å². The summed E-state index contributed by atoms with van der Waals surface area (Å²) in [5, 5.41) is 31.1. The van der Waals surface area contributed by atoms with Gasteiger partial charge in [0.05, 0.1) is 0 Å². The molecule has 0 unspecified atom stereocenters. The predicted molar refractivity (Wildman–Crippen MR) is 223 cm³/mol. The summed E-state index contributed by atoms with van der Waals surface area (Å²) in [6.07, 6.45) is 0. The van der Waals surface area contributed by atoms with Gasteiger partial charge in [-0.2, -0.15) is 0 Å². The second-order valence-electron chi connectivity index (χ2n) is 13.4. The number of benzene rings is 9. The number of hydrogen-bond donors (Lipinski definition) is 2. The molecule has 0 atom stereocenters. The molecule has 2 N–H and O–H groups in total. The molecule has 10 aromatic rings. The van der Waals surface area contributed by atoms with Crippen molar-refractivity contribution in [2.75, 3.05) is 0 Å². The maximum atomic E-state index is 10.9. The lowest BCUT2D eigenvalue weighted by Gasteiger charge is -2.19. The van der Waals surface area contributed by atoms with Crippen LogP contribution in [0.25, 0.3) is 97.0 Å². The minimum Gasteiger partial charge on any atom is -0.423 e. The van der Waals surface area contributed by atoms with Gasteiger partial charge in [0.15, 0.2) is 0 Å². The highest BCUT2D eigenvalue weighted by molar-refractivity contribution is 7.27. The molecule has 0 saturated carbocycles. The Morgan fingerprint density at radius 2 is 0.788 bits per heavy atom. The molecule has 0 aliphatic rings. The molecule has 0 aliphatic heterocycles. The van der Waals surface area contributed by atoms with Crippen LogP contribution in [-0.2, 0) is 0 Å². The van der Waals surface area contributed by atoms with Gasteiger partial charge in [0, 0.05) is 25.6 Å². The third-order valence-electron chi connectivity index (χ3n) is 10.5. The van der Waals surface area contributed by atoms with Gasteiger partial charge in [-0.05, 0) is 89.0 Å². The van der Waals surface area contributed by atoms with E-state index in [1.807, 2.05) is 18.2 Å². The maximum absolute atomic E-state index is 10.9. The fraction of sp³-hybridized carbons (Fsp3) is 0. The molecule has 2 nitrogen and oxygen atoms in total. The zero-order chi connectivity index (χ0) is 34.8. The Kier molecular flexibility index (Phi) is 7.29. The van der Waals surface area contributed by atoms with Crippen LogP contribution in [0.4, 0.5) is 0 Å². The van der Waals surface area contributed by atoms with E-state index in [-0.39, 0.29) is 0 Å². The Hall–Kier alpha value is -6.04. The molecule has 0 aliphatic carbocycles. The third kappa shape index (κ3) is 4.80. The lowest BCUT2D eigenvalue weighted by molar-refractivity contribution is 0.426. The van der Waals surface area contributed by atoms with Gasteiger partial charge in [0.25, 0.3) is 0 Å². The Morgan fingerprint density at radius 1 is 0.346 bits per heavy atom. The lowest BCUT2D eigenvalue weighted by Crippen LogP contribution is -2.32. The predicted octanol–water partition coefficient (Wildman–Crippen LogP) is 11.9. The van der Waals surface area contributed by atoms with Crippen LogP contribution < -0.4 is 5.46 Å². The molecule has 0 spiro atoms. The van der Waals surface area contributed by atoms with Crippen LogP contribution in [0.3, 0.4) is 0 Å². The van der Waals surface area contributed by atoms with Gasteiger partial charge in [-0.1, -0.05) is 164 Å². The van der Waals surface area contributed by atoms with Gasteiger partial charge >= 0.3 is 7.12 Å². The van der Waals surface area contributed by atoms with E-state index >= 15 is 0 Å². The largest absolute Gasteiger partial charge is 0.490 e. The molecule has 244 valence electrons. The Morgan fingerprint density at radius 3 is 1.40 bits per heavy atom. The first kappa shape index (κ1) is 30.8. The van der Waals surface area contributed by atoms with Gasteiger partial charge in [-0.25, -0.2) is 0 Å². The topological polar surface area (TPSA) is 40.5 Å². The van der Waals surface area contributed by atoms with Crippen molar-refractivity contribution in [2.24, 2.45) is 0 Å². The first-order chi connectivity index (χ1) is 25.7. The van der Waals surface area contributed by atoms with Crippen molar-refractivity contribution in [1.82, 2.24) is 0 Å². The molecular formula is C48H31BO2S. The Labute approximate surface area is 305 Å². The summed E-state index contributed by atoms with van der Waals surface area (Å²) in [5.74, 6) is 0. The van der Waals surface area contributed by atoms with Crippen LogP contribution in [0.15, 0.2) is 176 Å². The van der Waals surface area contributed by atoms with Gasteiger partial charge in [0.1, 0.15) is 0 Å². The summed E-state index contributed by atoms with van der Waals surface area (Å²) in [6.45, 7) is 0. The van der Waals surface area contributed by atoms with Gasteiger partial charge in [-0.3, -0.25) is 0 Å². The summed E-state index contributed by atoms with van der Waals surface area (Å²) in [7, 11) is -1.62. The minimum atomic E-state index is -1.62. The first-order valence-corrected chi connectivity index (χ1v) is 18.4. The SMILES string of the molecule is OB(O)c1c(-c2ccc(-c3ccc4c(-c5ccccc5)c5ccccc5c(-c5ccccc5)c4c3)cc2)c2ccccc2c2c1sc1ccccc12. The van der Waals surface area contributed by atoms with Crippen LogP contribution >= 0.6 is 11.3 Å². The van der Waals surface area contributed by atoms with Crippen LogP contribution in [0, 0.1) is 0 Å². The van der Waals surface area contributed by atoms with E-state index in [1.165, 1.54) is 43.8 Å². The summed E-state index contributed by atoms with van der Waals surface area (Å²) in [6, 6.07) is 62.2. The second kappa shape index (κ2) is 12.3. The standard InChI is InChI=1S/C48H31BO2S/c50-49(51)47-45(37-19-9-10-20-38(37)46-40-21-11-12-22-42(40)52-48(46)47)33-25-23-30(24-26-33)34-27-28-39-41(29-34)44(32-15-5-2-6-16-32)36-18-8-7-17-35(36)43(39)31-13-3-1-4-14-31/h1-29,50-51H. The maximum Gasteiger partial charge on any atom is 0.490 e. The highest BCUT2D eigenvalue weighted by Crippen LogP contribution is 2.45. The highest BCUT2D eigenvalue weighted by atomic mass is 32.1. The zero-order valence-corrected chi connectivity index (χ0v) is 28.9. The molecule has 0 saturated heterocycles. The van der Waals surface area contributed by atoms with Gasteiger partial charge < -0.3 is 10.0 Å². The van der Waals surface area contributed by atoms with Crippen LogP contribution in [0.5, 0.6) is 0 Å². The molecule has 0 fully saturated rings. The van der Waals surface area contributed by atoms with E-state index in [2.05, 4.69) is 158 Å². The molecule has 10 rings (SSSR count). The molecule has 0 radical (unpaired) electrons. The summed E-state index contributed by atoms with van der Waals surface area (Å²) >= 11 is 1.62. The molecule has 1 aromatic heterocycles. The molecule has 0 bridgehead atoms. The van der Waals surface area contributed by atoms with Crippen molar-refractivity contribution >= 4 is 76.4 Å². The van der Waals surface area contributed by atoms with Gasteiger partial charge in [-0.15, -0.1) is 11.3 Å². The number of hydrogen-bond acceptors (Lipinski definition) is 3. The minimum absolute atomic E-state index is 0.557. The number of thiophene rings is 1. The van der Waals surface area contributed by atoms with E-state index < -0.39 is 7.12 Å². The summed E-state index contributed by atoms with van der Waals surface area (Å²) < 4.78 is 2.05. The average Bonchev–Trinajstić information content (AvgIpc) is 3.59. The molecule has 1 heterocycles. The van der Waals surface area contributed by atoms with Crippen LogP contribution in [0.2, 0.25) is 0 Å². The molecule has 4 heteroatoms. The fourth-order valence-corrected chi connectivity index (χ4v) is 9.54. The summed E-state index contributed by atoms with van der Waals surface area (Å²) in [4.78, 5) is 0. The van der Waals surface area contributed by atoms with E-state index in [9.17, 15) is 10.0 Å². The quantitative estimate of drug-likeness (QED) is 0.140. The van der Waals surface area contributed by atoms with E-state index in [0.717, 1.165) is 53.2 Å². The zero-order valence-electron chi connectivity index (χ0n) is 28.1. The lowest BCUT2D eigenvalue weighted by atomic mass is 9.72. The molecule has 0 amide bonds. The highest BCUT2D eigenvalue weighted by Gasteiger charge is 2.26. The van der Waals surface area contributed by atoms with Crippen molar-refractivity contribution in [2.45, 2.75) is 0 Å². The second-order valence-corrected chi connectivity index (χ2v) is 14.4. The van der Waals surface area contributed by atoms with Crippen molar-refractivity contribution in [3.63, 3.8) is 0 Å². The monoisotopic (exact) mass is 682 g/mol. The van der Waals surface area contributed by atoms with E-state index in [1.54, 1.807) is 11.3 Å². The smallest absolute Gasteiger partial charge is 0.423 e. The van der Waals surface area contributed by atoms with E-state index in [4.69, 9.17) is 0 Å². The average molecular weight is 683 g/mol. The number of fused-ring (bicyclic) bond motifs is 7. The Bertz CT molecular complexity index is 2970. The molecule has 9 aromatic carbocycles. The van der Waals surface area contributed by atoms with Crippen molar-refractivity contribution in [3.8, 4) is 44.5 Å². The normalized spacial score (nSPS) is 11.7. The van der Waals surface area contributed by atoms with Gasteiger partial charge in [0.2, 0.25) is 0 Å². The van der Waals surface area contributed by atoms with Crippen molar-refractivity contribution in [1.29, 1.82) is 0 Å². The van der Waals surface area contributed by atoms with Crippen molar-refractivity contribution in [3.05, 3.63) is 176 Å². The van der Waals surface area contributed by atoms with E-state index in [0.29, 0.717) is 5.46 Å².